The first kappa shape index (κ1) is 13.1. The van der Waals surface area contributed by atoms with Crippen molar-refractivity contribution >= 4 is 34.9 Å². The maximum Gasteiger partial charge on any atom is 0.319 e. The van der Waals surface area contributed by atoms with Crippen LogP contribution in [0.5, 0.6) is 0 Å². The average molecular weight is 263 g/mol. The van der Waals surface area contributed by atoms with Gasteiger partial charge in [0.1, 0.15) is 0 Å². The Morgan fingerprint density at radius 1 is 1.38 bits per heavy atom. The molecule has 0 aromatic heterocycles. The summed E-state index contributed by atoms with van der Waals surface area (Å²) in [6.45, 7) is 1.56. The highest BCUT2D eigenvalue weighted by molar-refractivity contribution is 6.35. The number of amides is 2. The predicted molar refractivity (Wildman–Crippen MR) is 65.2 cm³/mol. The lowest BCUT2D eigenvalue weighted by molar-refractivity contribution is 0.229. The van der Waals surface area contributed by atoms with Crippen molar-refractivity contribution in [2.45, 2.75) is 13.0 Å². The second-order valence-corrected chi connectivity index (χ2v) is 4.21. The van der Waals surface area contributed by atoms with Crippen molar-refractivity contribution in [1.29, 1.82) is 0 Å². The number of aliphatic hydroxyl groups excluding tert-OH is 1. The zero-order valence-electron chi connectivity index (χ0n) is 8.63. The van der Waals surface area contributed by atoms with Crippen LogP contribution in [0.25, 0.3) is 0 Å². The van der Waals surface area contributed by atoms with Crippen LogP contribution in [0, 0.1) is 0 Å². The molecule has 2 amide bonds. The minimum absolute atomic E-state index is 0.121. The topological polar surface area (TPSA) is 61.4 Å². The number of halogens is 2. The van der Waals surface area contributed by atoms with E-state index in [2.05, 4.69) is 10.6 Å². The lowest BCUT2D eigenvalue weighted by Crippen LogP contribution is -2.38. The number of carbonyl (C=O) groups is 1. The van der Waals surface area contributed by atoms with E-state index in [1.807, 2.05) is 0 Å². The van der Waals surface area contributed by atoms with Crippen LogP contribution in [0.3, 0.4) is 0 Å². The van der Waals surface area contributed by atoms with Crippen molar-refractivity contribution in [2.24, 2.45) is 0 Å². The van der Waals surface area contributed by atoms with Crippen LogP contribution >= 0.6 is 23.2 Å². The number of rotatable bonds is 3. The Labute approximate surface area is 104 Å². The van der Waals surface area contributed by atoms with Crippen LogP contribution in [0.2, 0.25) is 10.0 Å². The lowest BCUT2D eigenvalue weighted by atomic mass is 10.3. The summed E-state index contributed by atoms with van der Waals surface area (Å²) in [4.78, 5) is 11.4. The van der Waals surface area contributed by atoms with Gasteiger partial charge in [-0.3, -0.25) is 0 Å². The Balaban J connectivity index is 2.62. The van der Waals surface area contributed by atoms with E-state index in [4.69, 9.17) is 28.3 Å². The van der Waals surface area contributed by atoms with Crippen LogP contribution in [0.1, 0.15) is 6.92 Å². The highest BCUT2D eigenvalue weighted by atomic mass is 35.5. The van der Waals surface area contributed by atoms with Crippen molar-refractivity contribution in [2.75, 3.05) is 11.9 Å². The van der Waals surface area contributed by atoms with Gasteiger partial charge in [-0.1, -0.05) is 23.2 Å². The van der Waals surface area contributed by atoms with Gasteiger partial charge < -0.3 is 15.7 Å². The number of urea groups is 1. The summed E-state index contributed by atoms with van der Waals surface area (Å²) in [6.07, 6.45) is 0. The first-order chi connectivity index (χ1) is 7.51. The largest absolute Gasteiger partial charge is 0.394 e. The van der Waals surface area contributed by atoms with Gasteiger partial charge in [0.15, 0.2) is 0 Å². The molecule has 16 heavy (non-hydrogen) atoms. The third-order valence-electron chi connectivity index (χ3n) is 1.77. The maximum absolute atomic E-state index is 11.4. The molecule has 0 heterocycles. The third-order valence-corrected chi connectivity index (χ3v) is 2.21. The molecule has 6 heteroatoms. The van der Waals surface area contributed by atoms with Gasteiger partial charge in [-0.05, 0) is 25.1 Å². The van der Waals surface area contributed by atoms with E-state index in [0.29, 0.717) is 15.7 Å². The summed E-state index contributed by atoms with van der Waals surface area (Å²) in [5, 5.41) is 14.7. The molecule has 0 aliphatic rings. The van der Waals surface area contributed by atoms with Gasteiger partial charge in [0.25, 0.3) is 0 Å². The zero-order valence-corrected chi connectivity index (χ0v) is 10.1. The molecule has 0 radical (unpaired) electrons. The van der Waals surface area contributed by atoms with Gasteiger partial charge in [0, 0.05) is 15.7 Å². The standard InChI is InChI=1S/C10H12Cl2N2O2/c1-6(5-15)13-10(16)14-9-3-7(11)2-8(12)4-9/h2-4,6,15H,5H2,1H3,(H2,13,14,16)/t6-/m0/s1. The molecule has 3 N–H and O–H groups in total. The van der Waals surface area contributed by atoms with Crippen LogP contribution in [0.4, 0.5) is 10.5 Å². The van der Waals surface area contributed by atoms with Gasteiger partial charge in [0.05, 0.1) is 12.6 Å². The molecule has 0 aliphatic heterocycles. The van der Waals surface area contributed by atoms with E-state index in [1.54, 1.807) is 25.1 Å². The molecular formula is C10H12Cl2N2O2. The SMILES string of the molecule is C[C@@H](CO)NC(=O)Nc1cc(Cl)cc(Cl)c1. The summed E-state index contributed by atoms with van der Waals surface area (Å²) >= 11 is 11.5. The molecule has 0 saturated heterocycles. The predicted octanol–water partition coefficient (Wildman–Crippen LogP) is 2.50. The zero-order chi connectivity index (χ0) is 12.1. The van der Waals surface area contributed by atoms with E-state index in [-0.39, 0.29) is 12.6 Å². The summed E-state index contributed by atoms with van der Waals surface area (Å²) in [5.41, 5.74) is 0.500. The van der Waals surface area contributed by atoms with E-state index in [9.17, 15) is 4.79 Å². The summed E-state index contributed by atoms with van der Waals surface area (Å²) in [7, 11) is 0. The summed E-state index contributed by atoms with van der Waals surface area (Å²) in [5.74, 6) is 0. The highest BCUT2D eigenvalue weighted by Gasteiger charge is 2.06. The van der Waals surface area contributed by atoms with Crippen LogP contribution in [-0.4, -0.2) is 23.8 Å². The molecule has 1 aromatic carbocycles. The maximum atomic E-state index is 11.4. The second-order valence-electron chi connectivity index (χ2n) is 3.34. The van der Waals surface area contributed by atoms with Gasteiger partial charge in [-0.2, -0.15) is 0 Å². The van der Waals surface area contributed by atoms with Crippen molar-refractivity contribution in [1.82, 2.24) is 5.32 Å². The van der Waals surface area contributed by atoms with Crippen molar-refractivity contribution in [3.63, 3.8) is 0 Å². The first-order valence-corrected chi connectivity index (χ1v) is 5.41. The lowest BCUT2D eigenvalue weighted by Gasteiger charge is -2.12. The van der Waals surface area contributed by atoms with E-state index in [0.717, 1.165) is 0 Å². The van der Waals surface area contributed by atoms with E-state index < -0.39 is 6.03 Å². The van der Waals surface area contributed by atoms with E-state index in [1.165, 1.54) is 0 Å². The molecule has 0 saturated carbocycles. The van der Waals surface area contributed by atoms with Gasteiger partial charge >= 0.3 is 6.03 Å². The third kappa shape index (κ3) is 4.26. The number of benzene rings is 1. The summed E-state index contributed by atoms with van der Waals surface area (Å²) < 4.78 is 0. The van der Waals surface area contributed by atoms with E-state index >= 15 is 0 Å². The highest BCUT2D eigenvalue weighted by Crippen LogP contribution is 2.22. The molecule has 0 aliphatic carbocycles. The Kier molecular flexibility index (Phi) is 4.86. The second kappa shape index (κ2) is 5.94. The molecule has 1 aromatic rings. The minimum atomic E-state index is -0.417. The molecule has 4 nitrogen and oxygen atoms in total. The summed E-state index contributed by atoms with van der Waals surface area (Å²) in [6, 6.07) is 4.00. The number of nitrogens with one attached hydrogen (secondary N) is 2. The number of anilines is 1. The number of hydrogen-bond acceptors (Lipinski definition) is 2. The van der Waals surface area contributed by atoms with Crippen molar-refractivity contribution in [3.8, 4) is 0 Å². The number of carbonyl (C=O) groups excluding carboxylic acids is 1. The fraction of sp³-hybridized carbons (Fsp3) is 0.300. The molecule has 0 bridgehead atoms. The van der Waals surface area contributed by atoms with Gasteiger partial charge in [-0.25, -0.2) is 4.79 Å². The Bertz CT molecular complexity index is 365. The van der Waals surface area contributed by atoms with Crippen LogP contribution in [-0.2, 0) is 0 Å². The van der Waals surface area contributed by atoms with Crippen LogP contribution in [0.15, 0.2) is 18.2 Å². The number of hydrogen-bond donors (Lipinski definition) is 3. The Morgan fingerprint density at radius 3 is 2.44 bits per heavy atom. The smallest absolute Gasteiger partial charge is 0.319 e. The molecule has 0 spiro atoms. The normalized spacial score (nSPS) is 12.0. The molecule has 1 atom stereocenters. The van der Waals surface area contributed by atoms with Gasteiger partial charge in [-0.15, -0.1) is 0 Å². The van der Waals surface area contributed by atoms with Crippen LogP contribution < -0.4 is 10.6 Å². The quantitative estimate of drug-likeness (QED) is 0.784. The van der Waals surface area contributed by atoms with Crippen molar-refractivity contribution in [3.05, 3.63) is 28.2 Å². The molecular weight excluding hydrogens is 251 g/mol. The monoisotopic (exact) mass is 262 g/mol. The average Bonchev–Trinajstić information content (AvgIpc) is 2.15. The fourth-order valence-corrected chi connectivity index (χ4v) is 1.59. The first-order valence-electron chi connectivity index (χ1n) is 4.65. The van der Waals surface area contributed by atoms with Crippen molar-refractivity contribution < 1.29 is 9.90 Å². The fourth-order valence-electron chi connectivity index (χ4n) is 1.06. The Morgan fingerprint density at radius 2 is 1.94 bits per heavy atom. The molecule has 0 fully saturated rings. The van der Waals surface area contributed by atoms with Gasteiger partial charge in [0.2, 0.25) is 0 Å². The molecule has 0 unspecified atom stereocenters. The minimum Gasteiger partial charge on any atom is -0.394 e. The molecule has 1 rings (SSSR count). The number of aliphatic hydroxyl groups is 1. The molecule has 88 valence electrons. The Hall–Kier alpha value is -0.970.